The van der Waals surface area contributed by atoms with Crippen LogP contribution in [0.1, 0.15) is 26.7 Å². The molecular weight excluding hydrogens is 196 g/mol. The lowest BCUT2D eigenvalue weighted by Crippen LogP contribution is -2.32. The molecule has 1 heterocycles. The second-order valence-corrected chi connectivity index (χ2v) is 3.98. The Morgan fingerprint density at radius 3 is 2.73 bits per heavy atom. The van der Waals surface area contributed by atoms with Gasteiger partial charge in [-0.25, -0.2) is 4.79 Å². The van der Waals surface area contributed by atoms with Crippen LogP contribution in [0.25, 0.3) is 0 Å². The molecule has 4 heteroatoms. The third kappa shape index (κ3) is 3.04. The minimum Gasteiger partial charge on any atom is -0.467 e. The highest BCUT2D eigenvalue weighted by atomic mass is 16.8. The third-order valence-corrected chi connectivity index (χ3v) is 2.27. The summed E-state index contributed by atoms with van der Waals surface area (Å²) >= 11 is 0. The van der Waals surface area contributed by atoms with Crippen LogP contribution in [0.5, 0.6) is 0 Å². The maximum Gasteiger partial charge on any atom is 0.337 e. The van der Waals surface area contributed by atoms with Gasteiger partial charge in [0.25, 0.3) is 0 Å². The van der Waals surface area contributed by atoms with Gasteiger partial charge in [-0.2, -0.15) is 0 Å². The summed E-state index contributed by atoms with van der Waals surface area (Å²) in [6.45, 7) is 7.21. The normalized spacial score (nSPS) is 28.7. The van der Waals surface area contributed by atoms with Crippen LogP contribution in [0.4, 0.5) is 0 Å². The molecule has 0 unspecified atom stereocenters. The molecule has 0 spiro atoms. The van der Waals surface area contributed by atoms with Gasteiger partial charge >= 0.3 is 5.97 Å². The van der Waals surface area contributed by atoms with Gasteiger partial charge in [0.2, 0.25) is 0 Å². The Labute approximate surface area is 90.2 Å². The monoisotopic (exact) mass is 214 g/mol. The molecule has 0 N–H and O–H groups in total. The van der Waals surface area contributed by atoms with Gasteiger partial charge in [-0.1, -0.05) is 6.08 Å². The lowest BCUT2D eigenvalue weighted by Gasteiger charge is -2.16. The standard InChI is InChI=1S/C11H18O4/c1-5-6-7-8-9(10(12)13-4)15-11(2,3)14-8/h5,8-9H,1,6-7H2,2-4H3/t8-,9-/m0/s1. The number of allylic oxidation sites excluding steroid dienone is 1. The van der Waals surface area contributed by atoms with Crippen molar-refractivity contribution in [2.75, 3.05) is 7.11 Å². The zero-order valence-corrected chi connectivity index (χ0v) is 9.49. The predicted molar refractivity (Wildman–Crippen MR) is 55.3 cm³/mol. The van der Waals surface area contributed by atoms with Crippen molar-refractivity contribution in [2.45, 2.75) is 44.7 Å². The Balaban J connectivity index is 2.65. The first-order valence-electron chi connectivity index (χ1n) is 5.04. The molecule has 1 fully saturated rings. The minimum atomic E-state index is -0.718. The van der Waals surface area contributed by atoms with Gasteiger partial charge in [0.05, 0.1) is 13.2 Å². The number of hydrogen-bond donors (Lipinski definition) is 0. The van der Waals surface area contributed by atoms with Crippen LogP contribution in [0, 0.1) is 0 Å². The van der Waals surface area contributed by atoms with Crippen molar-refractivity contribution >= 4 is 5.97 Å². The SMILES string of the molecule is C=CCC[C@@H]1OC(C)(C)O[C@@H]1C(=O)OC. The lowest BCUT2D eigenvalue weighted by atomic mass is 10.1. The average molecular weight is 214 g/mol. The molecular formula is C11H18O4. The summed E-state index contributed by atoms with van der Waals surface area (Å²) in [4.78, 5) is 11.4. The Bertz CT molecular complexity index is 247. The topological polar surface area (TPSA) is 44.8 Å². The average Bonchev–Trinajstić information content (AvgIpc) is 2.49. The van der Waals surface area contributed by atoms with Gasteiger partial charge in [-0.3, -0.25) is 0 Å². The van der Waals surface area contributed by atoms with E-state index in [1.165, 1.54) is 7.11 Å². The van der Waals surface area contributed by atoms with E-state index in [4.69, 9.17) is 9.47 Å². The molecule has 15 heavy (non-hydrogen) atoms. The highest BCUT2D eigenvalue weighted by Gasteiger charge is 2.45. The van der Waals surface area contributed by atoms with Crippen LogP contribution in [0.2, 0.25) is 0 Å². The fraction of sp³-hybridized carbons (Fsp3) is 0.727. The van der Waals surface area contributed by atoms with Crippen LogP contribution in [0.15, 0.2) is 12.7 Å². The van der Waals surface area contributed by atoms with Crippen LogP contribution in [-0.2, 0) is 19.0 Å². The molecule has 0 bridgehead atoms. The molecule has 0 aromatic heterocycles. The molecule has 0 amide bonds. The van der Waals surface area contributed by atoms with E-state index in [-0.39, 0.29) is 12.1 Å². The lowest BCUT2D eigenvalue weighted by molar-refractivity contribution is -0.168. The molecule has 0 aromatic carbocycles. The van der Waals surface area contributed by atoms with E-state index in [1.54, 1.807) is 19.9 Å². The van der Waals surface area contributed by atoms with Crippen LogP contribution < -0.4 is 0 Å². The van der Waals surface area contributed by atoms with Crippen molar-refractivity contribution in [3.05, 3.63) is 12.7 Å². The number of hydrogen-bond acceptors (Lipinski definition) is 4. The van der Waals surface area contributed by atoms with E-state index in [2.05, 4.69) is 11.3 Å². The summed E-state index contributed by atoms with van der Waals surface area (Å²) in [7, 11) is 1.35. The number of carbonyl (C=O) groups is 1. The van der Waals surface area contributed by atoms with Crippen molar-refractivity contribution in [1.29, 1.82) is 0 Å². The number of ether oxygens (including phenoxy) is 3. The predicted octanol–water partition coefficient (Wildman–Crippen LogP) is 1.65. The Morgan fingerprint density at radius 2 is 2.20 bits per heavy atom. The summed E-state index contributed by atoms with van der Waals surface area (Å²) < 4.78 is 15.8. The highest BCUT2D eigenvalue weighted by molar-refractivity contribution is 5.75. The van der Waals surface area contributed by atoms with Crippen molar-refractivity contribution in [3.63, 3.8) is 0 Å². The van der Waals surface area contributed by atoms with Gasteiger partial charge in [0, 0.05) is 0 Å². The summed E-state index contributed by atoms with van der Waals surface area (Å²) in [5, 5.41) is 0. The van der Waals surface area contributed by atoms with Crippen LogP contribution in [0.3, 0.4) is 0 Å². The van der Waals surface area contributed by atoms with E-state index >= 15 is 0 Å². The molecule has 1 aliphatic heterocycles. The highest BCUT2D eigenvalue weighted by Crippen LogP contribution is 2.31. The zero-order chi connectivity index (χ0) is 11.5. The fourth-order valence-electron chi connectivity index (χ4n) is 1.64. The number of carbonyl (C=O) groups excluding carboxylic acids is 1. The summed E-state index contributed by atoms with van der Waals surface area (Å²) in [5.41, 5.74) is 0. The Morgan fingerprint density at radius 1 is 1.53 bits per heavy atom. The molecule has 0 aromatic rings. The zero-order valence-electron chi connectivity index (χ0n) is 9.49. The Kier molecular flexibility index (Phi) is 3.88. The van der Waals surface area contributed by atoms with Gasteiger partial charge in [-0.05, 0) is 26.7 Å². The number of methoxy groups -OCH3 is 1. The molecule has 2 atom stereocenters. The number of rotatable bonds is 4. The van der Waals surface area contributed by atoms with Gasteiger partial charge < -0.3 is 14.2 Å². The number of esters is 1. The molecule has 4 nitrogen and oxygen atoms in total. The maximum atomic E-state index is 11.4. The van der Waals surface area contributed by atoms with E-state index in [1.807, 2.05) is 0 Å². The van der Waals surface area contributed by atoms with Gasteiger partial charge in [-0.15, -0.1) is 6.58 Å². The van der Waals surface area contributed by atoms with Gasteiger partial charge in [0.15, 0.2) is 11.9 Å². The summed E-state index contributed by atoms with van der Waals surface area (Å²) in [6.07, 6.45) is 2.43. The quantitative estimate of drug-likeness (QED) is 0.527. The van der Waals surface area contributed by atoms with E-state index in [0.29, 0.717) is 6.42 Å². The van der Waals surface area contributed by atoms with Crippen LogP contribution >= 0.6 is 0 Å². The molecule has 0 saturated carbocycles. The first-order chi connectivity index (χ1) is 7.00. The van der Waals surface area contributed by atoms with E-state index < -0.39 is 11.9 Å². The molecule has 0 aliphatic carbocycles. The van der Waals surface area contributed by atoms with E-state index in [9.17, 15) is 4.79 Å². The molecule has 0 radical (unpaired) electrons. The van der Waals surface area contributed by atoms with Crippen molar-refractivity contribution < 1.29 is 19.0 Å². The molecule has 1 saturated heterocycles. The first-order valence-corrected chi connectivity index (χ1v) is 5.04. The summed E-state index contributed by atoms with van der Waals surface area (Å²) in [6, 6.07) is 0. The second kappa shape index (κ2) is 4.77. The minimum absolute atomic E-state index is 0.245. The maximum absolute atomic E-state index is 11.4. The molecule has 1 rings (SSSR count). The van der Waals surface area contributed by atoms with Crippen LogP contribution in [-0.4, -0.2) is 31.1 Å². The summed E-state index contributed by atoms with van der Waals surface area (Å²) in [5.74, 6) is -1.10. The van der Waals surface area contributed by atoms with Crippen molar-refractivity contribution in [3.8, 4) is 0 Å². The van der Waals surface area contributed by atoms with Crippen molar-refractivity contribution in [1.82, 2.24) is 0 Å². The molecule has 86 valence electrons. The van der Waals surface area contributed by atoms with E-state index in [0.717, 1.165) is 6.42 Å². The van der Waals surface area contributed by atoms with Gasteiger partial charge in [0.1, 0.15) is 0 Å². The fourth-order valence-corrected chi connectivity index (χ4v) is 1.64. The first kappa shape index (κ1) is 12.2. The third-order valence-electron chi connectivity index (χ3n) is 2.27. The Hall–Kier alpha value is -0.870. The smallest absolute Gasteiger partial charge is 0.337 e. The second-order valence-electron chi connectivity index (χ2n) is 3.98. The molecule has 1 aliphatic rings. The largest absolute Gasteiger partial charge is 0.467 e. The van der Waals surface area contributed by atoms with Crippen molar-refractivity contribution in [2.24, 2.45) is 0 Å².